The summed E-state index contributed by atoms with van der Waals surface area (Å²) in [6.45, 7) is 16.8. The van der Waals surface area contributed by atoms with Gasteiger partial charge in [0.1, 0.15) is 0 Å². The van der Waals surface area contributed by atoms with Gasteiger partial charge in [-0.15, -0.1) is 0 Å². The molecule has 0 bridgehead atoms. The Labute approximate surface area is 164 Å². The number of thiocarbonyl (C=S) groups is 2. The Hall–Kier alpha value is 0.739. The van der Waals surface area contributed by atoms with Crippen molar-refractivity contribution in [1.82, 2.24) is 9.80 Å². The molecular formula is C14H28FeN2S4. The van der Waals surface area contributed by atoms with Crippen molar-refractivity contribution in [2.45, 2.75) is 79.6 Å². The van der Waals surface area contributed by atoms with Gasteiger partial charge in [0.2, 0.25) is 0 Å². The molecule has 0 saturated carbocycles. The molecule has 0 aliphatic carbocycles. The molecule has 0 fully saturated rings. The van der Waals surface area contributed by atoms with Crippen LogP contribution in [0.5, 0.6) is 0 Å². The van der Waals surface area contributed by atoms with Crippen LogP contribution in [0.1, 0.15) is 55.4 Å². The number of hydrogen-bond donors (Lipinski definition) is 0. The summed E-state index contributed by atoms with van der Waals surface area (Å²) in [5.41, 5.74) is 0. The summed E-state index contributed by atoms with van der Waals surface area (Å²) in [6, 6.07) is 1.69. The van der Waals surface area contributed by atoms with Crippen LogP contribution in [0.4, 0.5) is 0 Å². The summed E-state index contributed by atoms with van der Waals surface area (Å²) in [4.78, 5) is 4.09. The molecule has 0 aromatic heterocycles. The molecule has 0 saturated heterocycles. The Balaban J connectivity index is -0.000000295. The van der Waals surface area contributed by atoms with Gasteiger partial charge in [-0.2, -0.15) is 0 Å². The van der Waals surface area contributed by atoms with E-state index in [1.165, 1.54) is 0 Å². The van der Waals surface area contributed by atoms with E-state index in [4.69, 9.17) is 49.7 Å². The van der Waals surface area contributed by atoms with Gasteiger partial charge in [0, 0.05) is 24.2 Å². The molecule has 21 heavy (non-hydrogen) atoms. The van der Waals surface area contributed by atoms with Crippen molar-refractivity contribution < 1.29 is 17.1 Å². The second-order valence-corrected chi connectivity index (χ2v) is 7.78. The van der Waals surface area contributed by atoms with Crippen LogP contribution in [-0.2, 0) is 42.3 Å². The average molecular weight is 409 g/mol. The van der Waals surface area contributed by atoms with E-state index >= 15 is 0 Å². The summed E-state index contributed by atoms with van der Waals surface area (Å²) < 4.78 is 1.15. The van der Waals surface area contributed by atoms with E-state index in [1.807, 2.05) is 9.80 Å². The normalized spacial score (nSPS) is 10.1. The summed E-state index contributed by atoms with van der Waals surface area (Å²) in [5.74, 6) is 0. The zero-order valence-electron chi connectivity index (χ0n) is 14.2. The maximum atomic E-state index is 4.91. The van der Waals surface area contributed by atoms with Crippen molar-refractivity contribution in [3.63, 3.8) is 0 Å². The first-order chi connectivity index (χ1) is 8.93. The van der Waals surface area contributed by atoms with Gasteiger partial charge in [-0.1, -0.05) is 8.64 Å². The Morgan fingerprint density at radius 3 is 0.762 bits per heavy atom. The quantitative estimate of drug-likeness (QED) is 0.393. The molecule has 0 aliphatic rings. The van der Waals surface area contributed by atoms with Crippen molar-refractivity contribution in [2.24, 2.45) is 0 Å². The molecule has 0 rings (SSSR count). The van der Waals surface area contributed by atoms with E-state index in [9.17, 15) is 0 Å². The van der Waals surface area contributed by atoms with E-state index in [0.717, 1.165) is 0 Å². The van der Waals surface area contributed by atoms with Crippen LogP contribution in [0.2, 0.25) is 0 Å². The van der Waals surface area contributed by atoms with Gasteiger partial charge in [0.05, 0.1) is 0 Å². The maximum absolute atomic E-state index is 4.91. The molecule has 0 unspecified atom stereocenters. The molecule has 0 amide bonds. The molecule has 0 radical (unpaired) electrons. The summed E-state index contributed by atoms with van der Waals surface area (Å²) in [5, 5.41) is 0. The van der Waals surface area contributed by atoms with Crippen LogP contribution in [0.25, 0.3) is 0 Å². The third-order valence-corrected chi connectivity index (χ3v) is 3.49. The van der Waals surface area contributed by atoms with Crippen LogP contribution < -0.4 is 0 Å². The molecule has 0 atom stereocenters. The van der Waals surface area contributed by atoms with E-state index in [0.29, 0.717) is 32.8 Å². The van der Waals surface area contributed by atoms with E-state index < -0.39 is 0 Å². The Kier molecular flexibility index (Phi) is 16.7. The van der Waals surface area contributed by atoms with Gasteiger partial charge in [-0.05, 0) is 55.4 Å². The van der Waals surface area contributed by atoms with Crippen LogP contribution in [0.3, 0.4) is 0 Å². The van der Waals surface area contributed by atoms with Gasteiger partial charge >= 0.3 is 17.1 Å². The van der Waals surface area contributed by atoms with Gasteiger partial charge in [-0.25, -0.2) is 0 Å². The Bertz CT molecular complexity index is 261. The van der Waals surface area contributed by atoms with Crippen LogP contribution in [-0.4, -0.2) is 42.6 Å². The maximum Gasteiger partial charge on any atom is 2.00 e. The molecule has 2 nitrogen and oxygen atoms in total. The largest absolute Gasteiger partial charge is 2.00 e. The van der Waals surface area contributed by atoms with Gasteiger partial charge in [0.15, 0.2) is 0 Å². The predicted molar refractivity (Wildman–Crippen MR) is 104 cm³/mol. The van der Waals surface area contributed by atoms with Gasteiger partial charge in [0.25, 0.3) is 0 Å². The van der Waals surface area contributed by atoms with Gasteiger partial charge in [-0.3, -0.25) is 0 Å². The summed E-state index contributed by atoms with van der Waals surface area (Å²) in [7, 11) is 0. The molecule has 7 heteroatoms. The fourth-order valence-electron chi connectivity index (χ4n) is 2.04. The second-order valence-electron chi connectivity index (χ2n) is 5.72. The van der Waals surface area contributed by atoms with Crippen molar-refractivity contribution in [1.29, 1.82) is 0 Å². The van der Waals surface area contributed by atoms with E-state index in [2.05, 4.69) is 55.4 Å². The third-order valence-electron chi connectivity index (χ3n) is 2.65. The van der Waals surface area contributed by atoms with Crippen molar-refractivity contribution in [3.8, 4) is 0 Å². The monoisotopic (exact) mass is 408 g/mol. The van der Waals surface area contributed by atoms with Crippen LogP contribution in [0, 0.1) is 0 Å². The standard InChI is InChI=1S/2C7H15NS2.Fe/c2*1-5(2)8(6(3)4)7(9)10;/h2*5-6H,1-4H3,(H,9,10);/q;;+2/p-2. The molecule has 0 aliphatic heterocycles. The first-order valence-electron chi connectivity index (χ1n) is 6.92. The summed E-state index contributed by atoms with van der Waals surface area (Å²) in [6.07, 6.45) is 0. The molecule has 0 aromatic rings. The SMILES string of the molecule is CC(C)N(C(=S)[S-])C(C)C.CC(C)N(C(=S)[S-])C(C)C.[Fe+2]. The number of nitrogens with zero attached hydrogens (tertiary/aromatic N) is 2. The van der Waals surface area contributed by atoms with Crippen molar-refractivity contribution >= 4 is 58.3 Å². The fourth-order valence-corrected chi connectivity index (χ4v) is 3.72. The minimum atomic E-state index is 0. The third kappa shape index (κ3) is 11.9. The van der Waals surface area contributed by atoms with Gasteiger partial charge < -0.3 is 59.5 Å². The summed E-state index contributed by atoms with van der Waals surface area (Å²) >= 11 is 19.6. The topological polar surface area (TPSA) is 6.48 Å². The first-order valence-corrected chi connectivity index (χ1v) is 8.55. The molecule has 0 N–H and O–H groups in total. The Morgan fingerprint density at radius 2 is 0.762 bits per heavy atom. The molecule has 0 aromatic carbocycles. The average Bonchev–Trinajstić information content (AvgIpc) is 2.12. The smallest absolute Gasteiger partial charge is 0.411 e. The fraction of sp³-hybridized carbons (Fsp3) is 0.857. The molecule has 0 spiro atoms. The molecule has 126 valence electrons. The van der Waals surface area contributed by atoms with Crippen LogP contribution >= 0.6 is 24.4 Å². The van der Waals surface area contributed by atoms with E-state index in [-0.39, 0.29) is 17.1 Å². The predicted octanol–water partition coefficient (Wildman–Crippen LogP) is 3.87. The minimum absolute atomic E-state index is 0. The Morgan fingerprint density at radius 1 is 0.619 bits per heavy atom. The first kappa shape index (κ1) is 26.6. The molecular weight excluding hydrogens is 380 g/mol. The molecule has 0 heterocycles. The minimum Gasteiger partial charge on any atom is -0.411 e. The number of hydrogen-bond acceptors (Lipinski definition) is 4. The zero-order valence-corrected chi connectivity index (χ0v) is 18.6. The van der Waals surface area contributed by atoms with Crippen molar-refractivity contribution in [2.75, 3.05) is 0 Å². The van der Waals surface area contributed by atoms with Crippen molar-refractivity contribution in [3.05, 3.63) is 0 Å². The zero-order chi connectivity index (χ0) is 16.6. The van der Waals surface area contributed by atoms with Crippen LogP contribution in [0.15, 0.2) is 0 Å². The number of rotatable bonds is 4. The second kappa shape index (κ2) is 13.2. The van der Waals surface area contributed by atoms with E-state index in [1.54, 1.807) is 0 Å².